The Balaban J connectivity index is 2.13. The number of hydrogen-bond donors (Lipinski definition) is 1. The zero-order valence-electron chi connectivity index (χ0n) is 13.9. The molecular formula is C16H24N2O4S. The van der Waals surface area contributed by atoms with E-state index in [0.717, 1.165) is 6.26 Å². The highest BCUT2D eigenvalue weighted by Crippen LogP contribution is 2.21. The maximum absolute atomic E-state index is 12.5. The number of nitrogens with one attached hydrogen (secondary N) is 1. The van der Waals surface area contributed by atoms with Gasteiger partial charge in [0.05, 0.1) is 28.8 Å². The Labute approximate surface area is 137 Å². The Kier molecular flexibility index (Phi) is 5.44. The van der Waals surface area contributed by atoms with E-state index in [1.165, 1.54) is 6.07 Å². The van der Waals surface area contributed by atoms with Crippen molar-refractivity contribution < 1.29 is 17.9 Å². The molecule has 128 valence electrons. The van der Waals surface area contributed by atoms with Crippen molar-refractivity contribution >= 4 is 21.4 Å². The minimum atomic E-state index is -3.40. The van der Waals surface area contributed by atoms with Crippen LogP contribution < -0.4 is 5.32 Å². The van der Waals surface area contributed by atoms with Gasteiger partial charge in [-0.15, -0.1) is 0 Å². The summed E-state index contributed by atoms with van der Waals surface area (Å²) in [7, 11) is -3.40. The Hall–Kier alpha value is -1.44. The molecule has 1 heterocycles. The van der Waals surface area contributed by atoms with E-state index < -0.39 is 9.84 Å². The summed E-state index contributed by atoms with van der Waals surface area (Å²) in [6, 6.07) is 6.07. The van der Waals surface area contributed by atoms with Crippen molar-refractivity contribution in [2.24, 2.45) is 0 Å². The van der Waals surface area contributed by atoms with Gasteiger partial charge in [-0.2, -0.15) is 0 Å². The summed E-state index contributed by atoms with van der Waals surface area (Å²) >= 11 is 0. The van der Waals surface area contributed by atoms with Crippen LogP contribution in [0, 0.1) is 0 Å². The number of amides is 1. The van der Waals surface area contributed by atoms with E-state index in [1.807, 2.05) is 20.8 Å². The molecule has 1 amide bonds. The van der Waals surface area contributed by atoms with E-state index in [9.17, 15) is 13.2 Å². The van der Waals surface area contributed by atoms with Crippen LogP contribution in [0.4, 0.5) is 5.69 Å². The molecule has 7 heteroatoms. The number of carbonyl (C=O) groups is 1. The van der Waals surface area contributed by atoms with Crippen LogP contribution in [-0.2, 0) is 19.4 Å². The summed E-state index contributed by atoms with van der Waals surface area (Å²) in [4.78, 5) is 14.7. The van der Waals surface area contributed by atoms with Gasteiger partial charge in [0.2, 0.25) is 5.91 Å². The molecule has 3 atom stereocenters. The lowest BCUT2D eigenvalue weighted by atomic mass is 10.1. The van der Waals surface area contributed by atoms with Crippen LogP contribution in [-0.4, -0.2) is 56.8 Å². The van der Waals surface area contributed by atoms with Gasteiger partial charge in [0.25, 0.3) is 0 Å². The van der Waals surface area contributed by atoms with Crippen LogP contribution >= 0.6 is 0 Å². The highest BCUT2D eigenvalue weighted by molar-refractivity contribution is 7.90. The molecule has 1 aromatic rings. The molecule has 2 rings (SSSR count). The molecule has 6 nitrogen and oxygen atoms in total. The predicted molar refractivity (Wildman–Crippen MR) is 89.2 cm³/mol. The Morgan fingerprint density at radius 2 is 1.83 bits per heavy atom. The van der Waals surface area contributed by atoms with Crippen LogP contribution in [0.1, 0.15) is 20.8 Å². The van der Waals surface area contributed by atoms with Gasteiger partial charge >= 0.3 is 0 Å². The fourth-order valence-corrected chi connectivity index (χ4v) is 3.67. The first kappa shape index (κ1) is 17.9. The number of ether oxygens (including phenoxy) is 1. The molecule has 1 fully saturated rings. The van der Waals surface area contributed by atoms with E-state index in [0.29, 0.717) is 18.8 Å². The van der Waals surface area contributed by atoms with Gasteiger partial charge in [-0.1, -0.05) is 12.1 Å². The number of benzene rings is 1. The van der Waals surface area contributed by atoms with Crippen LogP contribution in [0.2, 0.25) is 0 Å². The molecule has 0 bridgehead atoms. The van der Waals surface area contributed by atoms with Gasteiger partial charge in [-0.3, -0.25) is 9.69 Å². The third kappa shape index (κ3) is 4.53. The predicted octanol–water partition coefficient (Wildman–Crippen LogP) is 1.53. The average Bonchev–Trinajstić information content (AvgIpc) is 2.44. The smallest absolute Gasteiger partial charge is 0.241 e. The molecule has 0 aliphatic carbocycles. The zero-order valence-corrected chi connectivity index (χ0v) is 14.8. The topological polar surface area (TPSA) is 75.7 Å². The van der Waals surface area contributed by atoms with Crippen molar-refractivity contribution in [1.82, 2.24) is 4.90 Å². The second-order valence-corrected chi connectivity index (χ2v) is 8.13. The number of morpholine rings is 1. The Morgan fingerprint density at radius 1 is 1.26 bits per heavy atom. The van der Waals surface area contributed by atoms with Crippen LogP contribution in [0.25, 0.3) is 0 Å². The minimum Gasteiger partial charge on any atom is -0.373 e. The lowest BCUT2D eigenvalue weighted by Gasteiger charge is -2.38. The molecular weight excluding hydrogens is 316 g/mol. The summed E-state index contributed by atoms with van der Waals surface area (Å²) in [5, 5.41) is 2.74. The largest absolute Gasteiger partial charge is 0.373 e. The average molecular weight is 340 g/mol. The summed E-state index contributed by atoms with van der Waals surface area (Å²) < 4.78 is 29.3. The Morgan fingerprint density at radius 3 is 2.39 bits per heavy atom. The van der Waals surface area contributed by atoms with Crippen LogP contribution in [0.3, 0.4) is 0 Å². The lowest BCUT2D eigenvalue weighted by Crippen LogP contribution is -2.52. The van der Waals surface area contributed by atoms with Gasteiger partial charge in [0, 0.05) is 19.3 Å². The molecule has 1 aliphatic rings. The number of sulfone groups is 1. The number of rotatable bonds is 4. The van der Waals surface area contributed by atoms with Gasteiger partial charge in [0.1, 0.15) is 0 Å². The molecule has 1 aliphatic heterocycles. The number of carbonyl (C=O) groups excluding carboxylic acids is 1. The van der Waals surface area contributed by atoms with Crippen LogP contribution in [0.5, 0.6) is 0 Å². The number of hydrogen-bond acceptors (Lipinski definition) is 5. The molecule has 0 unspecified atom stereocenters. The first-order chi connectivity index (χ1) is 10.7. The summed E-state index contributed by atoms with van der Waals surface area (Å²) in [5.41, 5.74) is 0.321. The zero-order chi connectivity index (χ0) is 17.2. The lowest BCUT2D eigenvalue weighted by molar-refractivity contribution is -0.126. The fraction of sp³-hybridized carbons (Fsp3) is 0.562. The standard InChI is InChI=1S/C16H24N2O4S/c1-11-9-18(10-12(2)22-11)13(3)16(19)17-14-7-5-6-8-15(14)23(4,20)21/h5-8,11-13H,9-10H2,1-4H3,(H,17,19)/t11-,12+,13-/m1/s1. The molecule has 1 N–H and O–H groups in total. The monoisotopic (exact) mass is 340 g/mol. The number of nitrogens with zero attached hydrogens (tertiary/aromatic N) is 1. The SMILES string of the molecule is C[C@@H]1CN([C@H](C)C(=O)Nc2ccccc2S(C)(=O)=O)C[C@H](C)O1. The highest BCUT2D eigenvalue weighted by atomic mass is 32.2. The maximum Gasteiger partial charge on any atom is 0.241 e. The molecule has 0 radical (unpaired) electrons. The van der Waals surface area contributed by atoms with Gasteiger partial charge < -0.3 is 10.1 Å². The normalized spacial score (nSPS) is 24.2. The van der Waals surface area contributed by atoms with E-state index in [-0.39, 0.29) is 29.1 Å². The fourth-order valence-electron chi connectivity index (χ4n) is 2.83. The van der Waals surface area contributed by atoms with Crippen molar-refractivity contribution in [2.75, 3.05) is 24.7 Å². The molecule has 1 saturated heterocycles. The van der Waals surface area contributed by atoms with E-state index >= 15 is 0 Å². The maximum atomic E-state index is 12.5. The summed E-state index contributed by atoms with van der Waals surface area (Å²) in [6.07, 6.45) is 1.27. The van der Waals surface area contributed by atoms with Crippen molar-refractivity contribution in [2.45, 2.75) is 43.9 Å². The summed E-state index contributed by atoms with van der Waals surface area (Å²) in [6.45, 7) is 7.13. The van der Waals surface area contributed by atoms with Crippen molar-refractivity contribution in [3.8, 4) is 0 Å². The molecule has 1 aromatic carbocycles. The molecule has 23 heavy (non-hydrogen) atoms. The van der Waals surface area contributed by atoms with E-state index in [4.69, 9.17) is 4.74 Å². The van der Waals surface area contributed by atoms with Crippen molar-refractivity contribution in [3.63, 3.8) is 0 Å². The number of para-hydroxylation sites is 1. The molecule has 0 spiro atoms. The quantitative estimate of drug-likeness (QED) is 0.899. The van der Waals surface area contributed by atoms with Crippen molar-refractivity contribution in [3.05, 3.63) is 24.3 Å². The summed E-state index contributed by atoms with van der Waals surface area (Å²) in [5.74, 6) is -0.220. The van der Waals surface area contributed by atoms with E-state index in [2.05, 4.69) is 10.2 Å². The van der Waals surface area contributed by atoms with Gasteiger partial charge in [0.15, 0.2) is 9.84 Å². The van der Waals surface area contributed by atoms with Crippen LogP contribution in [0.15, 0.2) is 29.2 Å². The molecule has 0 saturated carbocycles. The van der Waals surface area contributed by atoms with Gasteiger partial charge in [-0.05, 0) is 32.9 Å². The first-order valence-electron chi connectivity index (χ1n) is 7.68. The van der Waals surface area contributed by atoms with Crippen molar-refractivity contribution in [1.29, 1.82) is 0 Å². The second-order valence-electron chi connectivity index (χ2n) is 6.14. The number of anilines is 1. The van der Waals surface area contributed by atoms with E-state index in [1.54, 1.807) is 18.2 Å². The highest BCUT2D eigenvalue weighted by Gasteiger charge is 2.29. The molecule has 0 aromatic heterocycles. The second kappa shape index (κ2) is 6.98. The first-order valence-corrected chi connectivity index (χ1v) is 9.57. The third-order valence-corrected chi connectivity index (χ3v) is 5.07. The van der Waals surface area contributed by atoms with Gasteiger partial charge in [-0.25, -0.2) is 8.42 Å². The Bertz CT molecular complexity index is 664. The third-order valence-electron chi connectivity index (χ3n) is 3.92. The minimum absolute atomic E-state index is 0.0669.